The van der Waals surface area contributed by atoms with Crippen LogP contribution in [-0.2, 0) is 13.1 Å². The molecule has 0 fully saturated rings. The van der Waals surface area contributed by atoms with E-state index in [4.69, 9.17) is 0 Å². The summed E-state index contributed by atoms with van der Waals surface area (Å²) in [5.41, 5.74) is 11.7. The first-order valence-corrected chi connectivity index (χ1v) is 16.5. The van der Waals surface area contributed by atoms with Crippen molar-refractivity contribution >= 4 is 60.7 Å². The third-order valence-corrected chi connectivity index (χ3v) is 9.19. The van der Waals surface area contributed by atoms with Gasteiger partial charge in [0, 0.05) is 56.7 Å². The van der Waals surface area contributed by atoms with E-state index < -0.39 is 0 Å². The van der Waals surface area contributed by atoms with Gasteiger partial charge in [0.2, 0.25) is 0 Å². The summed E-state index contributed by atoms with van der Waals surface area (Å²) < 4.78 is 4.90. The first-order chi connectivity index (χ1) is 22.2. The summed E-state index contributed by atoms with van der Waals surface area (Å²) in [6.45, 7) is 6.43. The van der Waals surface area contributed by atoms with E-state index in [2.05, 4.69) is 118 Å². The van der Waals surface area contributed by atoms with Crippen LogP contribution in [0.25, 0.3) is 43.6 Å². The Hall–Kier alpha value is -4.90. The van der Waals surface area contributed by atoms with Crippen LogP contribution < -0.4 is 10.4 Å². The average molecular weight is 595 g/mol. The average Bonchev–Trinajstić information content (AvgIpc) is 3.57. The monoisotopic (exact) mass is 594 g/mol. The number of rotatable bonds is 12. The normalized spacial score (nSPS) is 11.7. The van der Waals surface area contributed by atoms with E-state index in [-0.39, 0.29) is 5.75 Å². The molecule has 228 valence electrons. The zero-order valence-electron chi connectivity index (χ0n) is 26.3. The smallest absolute Gasteiger partial charge is 0.115 e. The van der Waals surface area contributed by atoms with Crippen molar-refractivity contribution in [2.45, 2.75) is 65.5 Å². The predicted octanol–water partition coefficient (Wildman–Crippen LogP) is 11.2. The number of fused-ring (bicyclic) bond motifs is 6. The van der Waals surface area contributed by atoms with Gasteiger partial charge < -0.3 is 14.2 Å². The summed E-state index contributed by atoms with van der Waals surface area (Å²) >= 11 is 0. The van der Waals surface area contributed by atoms with Crippen molar-refractivity contribution in [3.05, 3.63) is 109 Å². The summed E-state index contributed by atoms with van der Waals surface area (Å²) in [6.07, 6.45) is 7.73. The number of unbranched alkanes of at least 4 members (excludes halogenated alkanes) is 5. The molecule has 45 heavy (non-hydrogen) atoms. The lowest BCUT2D eigenvalue weighted by atomic mass is 10.1. The Kier molecular flexibility index (Phi) is 8.08. The summed E-state index contributed by atoms with van der Waals surface area (Å²) in [7, 11) is 0. The van der Waals surface area contributed by atoms with E-state index in [9.17, 15) is 5.11 Å². The Bertz CT molecular complexity index is 2090. The Balaban J connectivity index is 1.33. The Morgan fingerprint density at radius 1 is 0.556 bits per heavy atom. The molecule has 7 rings (SSSR count). The molecular weight excluding hydrogens is 552 g/mol. The van der Waals surface area contributed by atoms with Crippen molar-refractivity contribution in [1.82, 2.24) is 9.13 Å². The molecule has 0 aliphatic rings. The second kappa shape index (κ2) is 12.6. The van der Waals surface area contributed by atoms with Gasteiger partial charge in [-0.2, -0.15) is 0 Å². The maximum absolute atomic E-state index is 9.96. The van der Waals surface area contributed by atoms with Gasteiger partial charge >= 0.3 is 0 Å². The third-order valence-electron chi connectivity index (χ3n) is 9.19. The van der Waals surface area contributed by atoms with Gasteiger partial charge in [-0.05, 0) is 86.1 Å². The molecule has 0 aliphatic carbocycles. The second-order valence-electron chi connectivity index (χ2n) is 12.1. The molecule has 0 spiro atoms. The molecular formula is C40H42N4O. The minimum Gasteiger partial charge on any atom is -0.508 e. The molecule has 0 aliphatic heterocycles. The van der Waals surface area contributed by atoms with Gasteiger partial charge in [0.15, 0.2) is 0 Å². The van der Waals surface area contributed by atoms with Crippen LogP contribution in [0.4, 0.5) is 17.1 Å². The van der Waals surface area contributed by atoms with Crippen LogP contribution >= 0.6 is 0 Å². The molecule has 0 saturated heterocycles. The first-order valence-electron chi connectivity index (χ1n) is 16.5. The number of phenolic OH excluding ortho intramolecular Hbond substituents is 1. The fourth-order valence-corrected chi connectivity index (χ4v) is 6.94. The number of aryl methyl sites for hydroxylation is 2. The van der Waals surface area contributed by atoms with Crippen LogP contribution in [0.3, 0.4) is 0 Å². The minimum absolute atomic E-state index is 0.250. The second-order valence-corrected chi connectivity index (χ2v) is 12.1. The summed E-state index contributed by atoms with van der Waals surface area (Å²) in [5, 5.41) is 17.2. The molecule has 0 radical (unpaired) electrons. The van der Waals surface area contributed by atoms with Gasteiger partial charge in [-0.15, -0.1) is 0 Å². The fraction of sp³-hybridized carbons (Fsp3) is 0.250. The molecule has 7 aromatic rings. The molecule has 2 N–H and O–H groups in total. The van der Waals surface area contributed by atoms with Gasteiger partial charge in [-0.1, -0.05) is 75.4 Å². The molecule has 0 saturated carbocycles. The predicted molar refractivity (Wildman–Crippen MR) is 192 cm³/mol. The Labute approximate surface area is 265 Å². The topological polar surface area (TPSA) is 45.4 Å². The van der Waals surface area contributed by atoms with Gasteiger partial charge in [-0.3, -0.25) is 10.4 Å². The highest BCUT2D eigenvalue weighted by atomic mass is 16.3. The van der Waals surface area contributed by atoms with E-state index in [1.165, 1.54) is 82.1 Å². The summed E-state index contributed by atoms with van der Waals surface area (Å²) in [4.78, 5) is 0. The molecule has 0 atom stereocenters. The molecule has 2 aromatic heterocycles. The number of hydrazine groups is 1. The number of aromatic hydroxyl groups is 1. The number of phenols is 1. The molecule has 0 bridgehead atoms. The molecule has 5 aromatic carbocycles. The van der Waals surface area contributed by atoms with Gasteiger partial charge in [0.1, 0.15) is 5.75 Å². The van der Waals surface area contributed by atoms with Crippen molar-refractivity contribution in [2.24, 2.45) is 0 Å². The molecule has 5 heteroatoms. The number of nitrogens with one attached hydrogen (secondary N) is 1. The van der Waals surface area contributed by atoms with Crippen LogP contribution in [0.5, 0.6) is 5.75 Å². The van der Waals surface area contributed by atoms with Crippen molar-refractivity contribution < 1.29 is 5.11 Å². The number of hydrogen-bond donors (Lipinski definition) is 2. The molecule has 0 amide bonds. The highest BCUT2D eigenvalue weighted by molar-refractivity contribution is 6.11. The number of para-hydroxylation sites is 2. The summed E-state index contributed by atoms with van der Waals surface area (Å²) in [6, 6.07) is 38.3. The number of anilines is 3. The largest absolute Gasteiger partial charge is 0.508 e. The van der Waals surface area contributed by atoms with Gasteiger partial charge in [0.25, 0.3) is 0 Å². The minimum atomic E-state index is 0.250. The molecule has 0 unspecified atom stereocenters. The lowest BCUT2D eigenvalue weighted by molar-refractivity contribution is 0.475. The van der Waals surface area contributed by atoms with Gasteiger partial charge in [0.05, 0.1) is 17.1 Å². The standard InChI is InChI=1S/C40H42N4O/c1-3-5-6-7-8-13-26-43-38-17-12-10-15-34(38)36-28-31(21-25-40(36)43)44(41-29-18-22-32(45)23-19-29)30-20-24-39-35(27-30)33-14-9-11-16-37(33)42(39)4-2/h9-12,14-25,27-28,41,45H,3-8,13,26H2,1-2H3. The van der Waals surface area contributed by atoms with Crippen LogP contribution in [0.15, 0.2) is 109 Å². The number of nitrogens with zero attached hydrogens (tertiary/aromatic N) is 3. The Morgan fingerprint density at radius 3 is 1.71 bits per heavy atom. The maximum atomic E-state index is 9.96. The summed E-state index contributed by atoms with van der Waals surface area (Å²) in [5.74, 6) is 0.250. The maximum Gasteiger partial charge on any atom is 0.115 e. The highest BCUT2D eigenvalue weighted by Crippen LogP contribution is 2.38. The molecule has 2 heterocycles. The SMILES string of the molecule is CCCCCCCCn1c2ccccc2c2cc(N(Nc3ccc(O)cc3)c3ccc4c(c3)c3ccccc3n4CC)ccc21. The van der Waals surface area contributed by atoms with E-state index in [1.807, 2.05) is 12.1 Å². The van der Waals surface area contributed by atoms with E-state index in [1.54, 1.807) is 12.1 Å². The highest BCUT2D eigenvalue weighted by Gasteiger charge is 2.17. The van der Waals surface area contributed by atoms with Crippen molar-refractivity contribution in [1.29, 1.82) is 0 Å². The molecule has 5 nitrogen and oxygen atoms in total. The van der Waals surface area contributed by atoms with Crippen molar-refractivity contribution in [2.75, 3.05) is 10.4 Å². The zero-order valence-corrected chi connectivity index (χ0v) is 26.3. The zero-order chi connectivity index (χ0) is 30.8. The van der Waals surface area contributed by atoms with Crippen LogP contribution in [-0.4, -0.2) is 14.2 Å². The van der Waals surface area contributed by atoms with Crippen molar-refractivity contribution in [3.8, 4) is 5.75 Å². The van der Waals surface area contributed by atoms with E-state index in [0.29, 0.717) is 0 Å². The number of hydrogen-bond acceptors (Lipinski definition) is 3. The van der Waals surface area contributed by atoms with Crippen LogP contribution in [0.1, 0.15) is 52.4 Å². The van der Waals surface area contributed by atoms with Crippen LogP contribution in [0, 0.1) is 0 Å². The lowest BCUT2D eigenvalue weighted by Crippen LogP contribution is -2.24. The fourth-order valence-electron chi connectivity index (χ4n) is 6.94. The Morgan fingerprint density at radius 2 is 1.09 bits per heavy atom. The number of aromatic nitrogens is 2. The quantitative estimate of drug-likeness (QED) is 0.0840. The first kappa shape index (κ1) is 28.8. The third kappa shape index (κ3) is 5.48. The van der Waals surface area contributed by atoms with Crippen molar-refractivity contribution in [3.63, 3.8) is 0 Å². The van der Waals surface area contributed by atoms with Crippen LogP contribution in [0.2, 0.25) is 0 Å². The van der Waals surface area contributed by atoms with Gasteiger partial charge in [-0.25, -0.2) is 0 Å². The van der Waals surface area contributed by atoms with E-state index >= 15 is 0 Å². The number of benzene rings is 5. The lowest BCUT2D eigenvalue weighted by Gasteiger charge is -2.27. The van der Waals surface area contributed by atoms with E-state index in [0.717, 1.165) is 30.2 Å².